The predicted molar refractivity (Wildman–Crippen MR) is 68.4 cm³/mol. The Morgan fingerprint density at radius 3 is 2.69 bits per heavy atom. The Morgan fingerprint density at radius 1 is 1.44 bits per heavy atom. The van der Waals surface area contributed by atoms with Crippen LogP contribution in [0.25, 0.3) is 0 Å². The number of hydrogen-bond acceptors (Lipinski definition) is 3. The minimum atomic E-state index is 0.519. The average molecular weight is 221 g/mol. The van der Waals surface area contributed by atoms with Crippen LogP contribution in [0.2, 0.25) is 0 Å². The fraction of sp³-hybridized carbons (Fsp3) is 0.615. The zero-order valence-corrected chi connectivity index (χ0v) is 10.8. The second kappa shape index (κ2) is 6.61. The van der Waals surface area contributed by atoms with Gasteiger partial charge in [-0.05, 0) is 39.1 Å². The number of aryl methyl sites for hydroxylation is 1. The van der Waals surface area contributed by atoms with Crippen molar-refractivity contribution in [3.8, 4) is 0 Å². The van der Waals surface area contributed by atoms with Gasteiger partial charge in [-0.1, -0.05) is 13.0 Å². The Kier molecular flexibility index (Phi) is 5.43. The van der Waals surface area contributed by atoms with Crippen LogP contribution in [-0.4, -0.2) is 36.1 Å². The monoisotopic (exact) mass is 221 g/mol. The summed E-state index contributed by atoms with van der Waals surface area (Å²) in [4.78, 5) is 6.84. The fourth-order valence-corrected chi connectivity index (χ4v) is 1.61. The predicted octanol–water partition coefficient (Wildman–Crippen LogP) is 1.82. The summed E-state index contributed by atoms with van der Waals surface area (Å²) in [6, 6.07) is 4.75. The lowest BCUT2D eigenvalue weighted by molar-refractivity contribution is 0.252. The zero-order valence-electron chi connectivity index (χ0n) is 10.8. The first-order chi connectivity index (χ1) is 7.65. The van der Waals surface area contributed by atoms with Crippen LogP contribution in [0.3, 0.4) is 0 Å². The molecule has 1 aromatic rings. The van der Waals surface area contributed by atoms with E-state index in [1.54, 1.807) is 0 Å². The highest BCUT2D eigenvalue weighted by molar-refractivity contribution is 5.12. The first kappa shape index (κ1) is 13.1. The summed E-state index contributed by atoms with van der Waals surface area (Å²) in [5.41, 5.74) is 2.37. The van der Waals surface area contributed by atoms with Gasteiger partial charge in [-0.3, -0.25) is 9.88 Å². The standard InChI is InChI=1S/C13H23N3/c1-5-16(9-12(3)14-4)10-13-7-6-11(2)8-15-13/h6-8,12,14H,5,9-10H2,1-4H3. The summed E-state index contributed by atoms with van der Waals surface area (Å²) < 4.78 is 0. The van der Waals surface area contributed by atoms with Gasteiger partial charge in [0, 0.05) is 25.3 Å². The third-order valence-corrected chi connectivity index (χ3v) is 2.83. The molecule has 1 aromatic heterocycles. The van der Waals surface area contributed by atoms with Gasteiger partial charge < -0.3 is 5.32 Å². The summed E-state index contributed by atoms with van der Waals surface area (Å²) >= 11 is 0. The van der Waals surface area contributed by atoms with Gasteiger partial charge in [0.2, 0.25) is 0 Å². The third kappa shape index (κ3) is 4.29. The van der Waals surface area contributed by atoms with Crippen molar-refractivity contribution >= 4 is 0 Å². The molecule has 0 saturated heterocycles. The lowest BCUT2D eigenvalue weighted by Gasteiger charge is -2.23. The van der Waals surface area contributed by atoms with E-state index in [0.717, 1.165) is 25.3 Å². The van der Waals surface area contributed by atoms with E-state index in [1.807, 2.05) is 13.2 Å². The molecule has 90 valence electrons. The maximum atomic E-state index is 4.44. The molecule has 3 nitrogen and oxygen atoms in total. The summed E-state index contributed by atoms with van der Waals surface area (Å²) in [5.74, 6) is 0. The molecule has 0 amide bonds. The number of nitrogens with one attached hydrogen (secondary N) is 1. The zero-order chi connectivity index (χ0) is 12.0. The Hall–Kier alpha value is -0.930. The van der Waals surface area contributed by atoms with Crippen molar-refractivity contribution in [2.45, 2.75) is 33.4 Å². The fourth-order valence-electron chi connectivity index (χ4n) is 1.61. The molecule has 16 heavy (non-hydrogen) atoms. The quantitative estimate of drug-likeness (QED) is 0.794. The Bertz CT molecular complexity index is 295. The number of likely N-dealkylation sites (N-methyl/N-ethyl adjacent to an activating group) is 2. The molecule has 1 heterocycles. The molecule has 0 aromatic carbocycles. The van der Waals surface area contributed by atoms with Crippen LogP contribution >= 0.6 is 0 Å². The molecule has 0 saturated carbocycles. The van der Waals surface area contributed by atoms with Gasteiger partial charge >= 0.3 is 0 Å². The molecule has 1 unspecified atom stereocenters. The Balaban J connectivity index is 2.52. The molecule has 1 rings (SSSR count). The van der Waals surface area contributed by atoms with Gasteiger partial charge in [0.15, 0.2) is 0 Å². The number of pyridine rings is 1. The first-order valence-corrected chi connectivity index (χ1v) is 5.96. The van der Waals surface area contributed by atoms with Crippen molar-refractivity contribution in [3.05, 3.63) is 29.6 Å². The summed E-state index contributed by atoms with van der Waals surface area (Å²) in [5, 5.41) is 3.26. The molecule has 1 atom stereocenters. The van der Waals surface area contributed by atoms with E-state index in [2.05, 4.69) is 48.1 Å². The molecule has 0 aliphatic rings. The van der Waals surface area contributed by atoms with Crippen molar-refractivity contribution in [1.82, 2.24) is 15.2 Å². The van der Waals surface area contributed by atoms with Crippen LogP contribution < -0.4 is 5.32 Å². The topological polar surface area (TPSA) is 28.2 Å². The number of rotatable bonds is 6. The van der Waals surface area contributed by atoms with Crippen molar-refractivity contribution < 1.29 is 0 Å². The highest BCUT2D eigenvalue weighted by Gasteiger charge is 2.08. The van der Waals surface area contributed by atoms with Gasteiger partial charge in [0.25, 0.3) is 0 Å². The third-order valence-electron chi connectivity index (χ3n) is 2.83. The van der Waals surface area contributed by atoms with E-state index in [9.17, 15) is 0 Å². The minimum absolute atomic E-state index is 0.519. The van der Waals surface area contributed by atoms with E-state index in [1.165, 1.54) is 5.56 Å². The maximum Gasteiger partial charge on any atom is 0.0544 e. The molecule has 0 aliphatic carbocycles. The molecule has 0 radical (unpaired) electrons. The van der Waals surface area contributed by atoms with Crippen LogP contribution in [0.1, 0.15) is 25.1 Å². The van der Waals surface area contributed by atoms with Crippen molar-refractivity contribution in [1.29, 1.82) is 0 Å². The lowest BCUT2D eigenvalue weighted by atomic mass is 10.2. The average Bonchev–Trinajstić information content (AvgIpc) is 2.30. The number of nitrogens with zero attached hydrogens (tertiary/aromatic N) is 2. The van der Waals surface area contributed by atoms with E-state index >= 15 is 0 Å². The summed E-state index contributed by atoms with van der Waals surface area (Å²) in [7, 11) is 2.00. The molecule has 1 N–H and O–H groups in total. The highest BCUT2D eigenvalue weighted by atomic mass is 15.1. The molecule has 0 aliphatic heterocycles. The largest absolute Gasteiger partial charge is 0.316 e. The highest BCUT2D eigenvalue weighted by Crippen LogP contribution is 2.03. The van der Waals surface area contributed by atoms with Gasteiger partial charge in [-0.2, -0.15) is 0 Å². The molecular formula is C13H23N3. The molecule has 0 fully saturated rings. The SMILES string of the molecule is CCN(Cc1ccc(C)cn1)CC(C)NC. The normalized spacial score (nSPS) is 13.1. The number of aromatic nitrogens is 1. The number of hydrogen-bond donors (Lipinski definition) is 1. The maximum absolute atomic E-state index is 4.44. The van der Waals surface area contributed by atoms with Gasteiger partial charge in [0.05, 0.1) is 5.69 Å². The second-order valence-electron chi connectivity index (χ2n) is 4.34. The van der Waals surface area contributed by atoms with E-state index in [0.29, 0.717) is 6.04 Å². The van der Waals surface area contributed by atoms with Crippen LogP contribution in [0.4, 0.5) is 0 Å². The van der Waals surface area contributed by atoms with Gasteiger partial charge in [0.1, 0.15) is 0 Å². The van der Waals surface area contributed by atoms with Crippen molar-refractivity contribution in [3.63, 3.8) is 0 Å². The van der Waals surface area contributed by atoms with E-state index in [-0.39, 0.29) is 0 Å². The van der Waals surface area contributed by atoms with Crippen LogP contribution in [0, 0.1) is 6.92 Å². The molecular weight excluding hydrogens is 198 g/mol. The molecule has 3 heteroatoms. The van der Waals surface area contributed by atoms with Gasteiger partial charge in [-0.15, -0.1) is 0 Å². The summed E-state index contributed by atoms with van der Waals surface area (Å²) in [6.07, 6.45) is 1.94. The Labute approximate surface area is 98.9 Å². The van der Waals surface area contributed by atoms with Crippen LogP contribution in [0.15, 0.2) is 18.3 Å². The van der Waals surface area contributed by atoms with Crippen molar-refractivity contribution in [2.24, 2.45) is 0 Å². The van der Waals surface area contributed by atoms with E-state index < -0.39 is 0 Å². The molecule has 0 spiro atoms. The lowest BCUT2D eigenvalue weighted by Crippen LogP contribution is -2.37. The minimum Gasteiger partial charge on any atom is -0.316 e. The Morgan fingerprint density at radius 2 is 2.19 bits per heavy atom. The van der Waals surface area contributed by atoms with Crippen molar-refractivity contribution in [2.75, 3.05) is 20.1 Å². The van der Waals surface area contributed by atoms with Crippen LogP contribution in [0.5, 0.6) is 0 Å². The second-order valence-corrected chi connectivity index (χ2v) is 4.34. The molecule has 0 bridgehead atoms. The smallest absolute Gasteiger partial charge is 0.0544 e. The summed E-state index contributed by atoms with van der Waals surface area (Å²) in [6.45, 7) is 9.51. The van der Waals surface area contributed by atoms with Crippen LogP contribution in [-0.2, 0) is 6.54 Å². The van der Waals surface area contributed by atoms with Gasteiger partial charge in [-0.25, -0.2) is 0 Å². The first-order valence-electron chi connectivity index (χ1n) is 5.96. The van der Waals surface area contributed by atoms with E-state index in [4.69, 9.17) is 0 Å².